The molecule has 1 N–H and O–H groups in total. The van der Waals surface area contributed by atoms with Crippen molar-refractivity contribution in [3.8, 4) is 0 Å². The molecule has 0 saturated carbocycles. The molecule has 5 heteroatoms. The number of rotatable bonds is 2. The normalized spacial score (nSPS) is 15.8. The average Bonchev–Trinajstić information content (AvgIpc) is 2.89. The van der Waals surface area contributed by atoms with Gasteiger partial charge < -0.3 is 4.90 Å². The number of benzene rings is 1. The van der Waals surface area contributed by atoms with E-state index in [1.165, 1.54) is 0 Å². The molecule has 1 fully saturated rings. The maximum atomic E-state index is 11.1. The van der Waals surface area contributed by atoms with Crippen molar-refractivity contribution in [1.82, 2.24) is 10.2 Å². The molecule has 0 radical (unpaired) electrons. The topological polar surface area (TPSA) is 44.7 Å². The third-order valence-corrected chi connectivity index (χ3v) is 2.99. The number of aliphatic imine (C=N–C) groups is 1. The van der Waals surface area contributed by atoms with Gasteiger partial charge in [0.1, 0.15) is 0 Å². The van der Waals surface area contributed by atoms with Crippen molar-refractivity contribution in [2.45, 2.75) is 19.4 Å². The van der Waals surface area contributed by atoms with Crippen molar-refractivity contribution in [3.63, 3.8) is 0 Å². The molecule has 1 aliphatic heterocycles. The van der Waals surface area contributed by atoms with Crippen molar-refractivity contribution in [3.05, 3.63) is 35.9 Å². The second-order valence-electron chi connectivity index (χ2n) is 4.25. The van der Waals surface area contributed by atoms with E-state index in [4.69, 9.17) is 0 Å². The van der Waals surface area contributed by atoms with Gasteiger partial charge in [-0.3, -0.25) is 10.1 Å². The van der Waals surface area contributed by atoms with Crippen LogP contribution in [0.15, 0.2) is 35.3 Å². The lowest BCUT2D eigenvalue weighted by Crippen LogP contribution is -2.40. The van der Waals surface area contributed by atoms with Crippen LogP contribution in [0.2, 0.25) is 0 Å². The quantitative estimate of drug-likeness (QED) is 0.488. The fourth-order valence-corrected chi connectivity index (χ4v) is 2.09. The molecule has 1 aliphatic rings. The van der Waals surface area contributed by atoms with Crippen LogP contribution < -0.4 is 5.32 Å². The van der Waals surface area contributed by atoms with Crippen molar-refractivity contribution in [1.29, 1.82) is 0 Å². The van der Waals surface area contributed by atoms with Gasteiger partial charge in [0.15, 0.2) is 0 Å². The van der Waals surface area contributed by atoms with Crippen LogP contribution in [0.5, 0.6) is 0 Å². The highest BCUT2D eigenvalue weighted by Crippen LogP contribution is 2.09. The summed E-state index contributed by atoms with van der Waals surface area (Å²) in [6.07, 6.45) is 2.29. The minimum atomic E-state index is -0.367. The molecule has 0 aromatic heterocycles. The van der Waals surface area contributed by atoms with Crippen LogP contribution >= 0.6 is 12.6 Å². The van der Waals surface area contributed by atoms with Gasteiger partial charge >= 0.3 is 0 Å². The van der Waals surface area contributed by atoms with Gasteiger partial charge in [0.05, 0.1) is 6.54 Å². The Morgan fingerprint density at radius 3 is 2.56 bits per heavy atom. The molecule has 0 spiro atoms. The molecule has 96 valence electrons. The summed E-state index contributed by atoms with van der Waals surface area (Å²) in [6.45, 7) is 2.46. The van der Waals surface area contributed by atoms with Crippen LogP contribution in [-0.2, 0) is 6.54 Å². The molecule has 0 unspecified atom stereocenters. The zero-order valence-corrected chi connectivity index (χ0v) is 11.1. The van der Waals surface area contributed by atoms with Crippen LogP contribution in [0.3, 0.4) is 0 Å². The monoisotopic (exact) mass is 263 g/mol. The molecule has 1 aromatic rings. The van der Waals surface area contributed by atoms with Crippen LogP contribution in [-0.4, -0.2) is 29.2 Å². The standard InChI is InChI=1S/C13H17N3OS/c17-13(18)15-12(16-8-4-5-9-16)14-10-11-6-2-1-3-7-11/h1-3,6-7H,4-5,8-10H2,(H2,14,15,17,18). The van der Waals surface area contributed by atoms with Gasteiger partial charge in [-0.2, -0.15) is 0 Å². The Hall–Kier alpha value is -1.49. The molecular formula is C13H17N3OS. The SMILES string of the molecule is O=C(S)NC(=NCc1ccccc1)N1CCCC1. The number of thiol groups is 1. The van der Waals surface area contributed by atoms with Crippen LogP contribution in [0.4, 0.5) is 4.79 Å². The molecule has 1 aromatic carbocycles. The number of hydrogen-bond donors (Lipinski definition) is 2. The number of amides is 1. The minimum absolute atomic E-state index is 0.367. The lowest BCUT2D eigenvalue weighted by atomic mass is 10.2. The Morgan fingerprint density at radius 2 is 1.94 bits per heavy atom. The number of guanidine groups is 1. The second kappa shape index (κ2) is 6.44. The second-order valence-corrected chi connectivity index (χ2v) is 4.66. The number of hydrogen-bond acceptors (Lipinski definition) is 2. The summed E-state index contributed by atoms with van der Waals surface area (Å²) >= 11 is 3.75. The van der Waals surface area contributed by atoms with Crippen molar-refractivity contribution >= 4 is 23.8 Å². The number of carbonyl (C=O) groups excluding carboxylic acids is 1. The van der Waals surface area contributed by atoms with Gasteiger partial charge in [-0.25, -0.2) is 4.99 Å². The summed E-state index contributed by atoms with van der Waals surface area (Å²) in [4.78, 5) is 17.6. The van der Waals surface area contributed by atoms with Crippen LogP contribution in [0, 0.1) is 0 Å². The van der Waals surface area contributed by atoms with Gasteiger partial charge in [-0.1, -0.05) is 43.0 Å². The van der Waals surface area contributed by atoms with Crippen LogP contribution in [0.1, 0.15) is 18.4 Å². The molecule has 4 nitrogen and oxygen atoms in total. The van der Waals surface area contributed by atoms with Crippen molar-refractivity contribution in [2.75, 3.05) is 13.1 Å². The third-order valence-electron chi connectivity index (χ3n) is 2.88. The van der Waals surface area contributed by atoms with E-state index in [1.807, 2.05) is 30.3 Å². The summed E-state index contributed by atoms with van der Waals surface area (Å²) in [6, 6.07) is 9.99. The summed E-state index contributed by atoms with van der Waals surface area (Å²) in [7, 11) is 0. The van der Waals surface area contributed by atoms with E-state index in [1.54, 1.807) is 0 Å². The molecule has 0 bridgehead atoms. The van der Waals surface area contributed by atoms with E-state index >= 15 is 0 Å². The largest absolute Gasteiger partial charge is 0.343 e. The van der Waals surface area contributed by atoms with Gasteiger partial charge in [-0.15, -0.1) is 0 Å². The number of likely N-dealkylation sites (tertiary alicyclic amines) is 1. The maximum absolute atomic E-state index is 11.1. The Balaban J connectivity index is 2.05. The first-order chi connectivity index (χ1) is 8.75. The predicted molar refractivity (Wildman–Crippen MR) is 75.9 cm³/mol. The van der Waals surface area contributed by atoms with E-state index in [2.05, 4.69) is 27.8 Å². The lowest BCUT2D eigenvalue weighted by Gasteiger charge is -2.19. The lowest BCUT2D eigenvalue weighted by molar-refractivity contribution is 0.263. The Kier molecular flexibility index (Phi) is 4.64. The molecule has 2 rings (SSSR count). The van der Waals surface area contributed by atoms with E-state index in [0.717, 1.165) is 31.5 Å². The zero-order valence-electron chi connectivity index (χ0n) is 10.2. The minimum Gasteiger partial charge on any atom is -0.343 e. The highest BCUT2D eigenvalue weighted by molar-refractivity contribution is 7.96. The molecule has 1 heterocycles. The van der Waals surface area contributed by atoms with Crippen molar-refractivity contribution < 1.29 is 4.79 Å². The summed E-state index contributed by atoms with van der Waals surface area (Å²) in [5, 5.41) is 2.33. The van der Waals surface area contributed by atoms with Gasteiger partial charge in [-0.05, 0) is 18.4 Å². The Bertz CT molecular complexity index is 427. The smallest absolute Gasteiger partial charge is 0.282 e. The molecule has 0 aliphatic carbocycles. The fraction of sp³-hybridized carbons (Fsp3) is 0.385. The Morgan fingerprint density at radius 1 is 1.28 bits per heavy atom. The first-order valence-corrected chi connectivity index (χ1v) is 6.54. The predicted octanol–water partition coefficient (Wildman–Crippen LogP) is 2.28. The number of carbonyl (C=O) groups is 1. The molecule has 1 amide bonds. The van der Waals surface area contributed by atoms with Crippen molar-refractivity contribution in [2.24, 2.45) is 4.99 Å². The summed E-state index contributed by atoms with van der Waals surface area (Å²) in [5.74, 6) is 0.636. The van der Waals surface area contributed by atoms with E-state index < -0.39 is 0 Å². The third kappa shape index (κ3) is 3.77. The first-order valence-electron chi connectivity index (χ1n) is 6.09. The number of nitrogens with one attached hydrogen (secondary N) is 1. The summed E-state index contributed by atoms with van der Waals surface area (Å²) < 4.78 is 0. The van der Waals surface area contributed by atoms with E-state index in [0.29, 0.717) is 12.5 Å². The number of nitrogens with zero attached hydrogens (tertiary/aromatic N) is 2. The van der Waals surface area contributed by atoms with E-state index in [-0.39, 0.29) is 5.24 Å². The molecular weight excluding hydrogens is 246 g/mol. The van der Waals surface area contributed by atoms with Gasteiger partial charge in [0, 0.05) is 13.1 Å². The average molecular weight is 263 g/mol. The fourth-order valence-electron chi connectivity index (χ4n) is 1.99. The molecule has 1 saturated heterocycles. The first kappa shape index (κ1) is 13.0. The molecule has 0 atom stereocenters. The van der Waals surface area contributed by atoms with Crippen LogP contribution in [0.25, 0.3) is 0 Å². The highest BCUT2D eigenvalue weighted by atomic mass is 32.1. The van der Waals surface area contributed by atoms with Gasteiger partial charge in [0.25, 0.3) is 5.24 Å². The van der Waals surface area contributed by atoms with Gasteiger partial charge in [0.2, 0.25) is 5.96 Å². The maximum Gasteiger partial charge on any atom is 0.282 e. The summed E-state index contributed by atoms with van der Waals surface area (Å²) in [5.41, 5.74) is 1.13. The molecule has 18 heavy (non-hydrogen) atoms. The highest BCUT2D eigenvalue weighted by Gasteiger charge is 2.17. The van der Waals surface area contributed by atoms with E-state index in [9.17, 15) is 4.79 Å². The zero-order chi connectivity index (χ0) is 12.8. The Labute approximate surface area is 113 Å².